The van der Waals surface area contributed by atoms with Gasteiger partial charge in [-0.2, -0.15) is 0 Å². The maximum atomic E-state index is 12.4. The average molecular weight is 474 g/mol. The van der Waals surface area contributed by atoms with Gasteiger partial charge in [0.2, 0.25) is 5.91 Å². The molecule has 3 N–H and O–H groups in total. The zero-order chi connectivity index (χ0) is 24.2. The SMILES string of the molecule is Cc1ccc(N2CCN(CCOCC(=O)Nc3ccc4nc5c(c(N)c4c3)CCCC5)CC2)cc1. The van der Waals surface area contributed by atoms with Crippen LogP contribution in [0, 0.1) is 6.92 Å². The first-order valence-electron chi connectivity index (χ1n) is 12.7. The molecule has 0 radical (unpaired) electrons. The van der Waals surface area contributed by atoms with Crippen LogP contribution in [0.1, 0.15) is 29.7 Å². The number of carbonyl (C=O) groups is 1. The number of nitrogens with two attached hydrogens (primary N) is 1. The molecule has 1 aliphatic heterocycles. The minimum absolute atomic E-state index is 0.0410. The summed E-state index contributed by atoms with van der Waals surface area (Å²) in [6, 6.07) is 14.5. The third-order valence-corrected chi connectivity index (χ3v) is 7.15. The first-order chi connectivity index (χ1) is 17.1. The number of aromatic nitrogens is 1. The topological polar surface area (TPSA) is 83.7 Å². The highest BCUT2D eigenvalue weighted by Crippen LogP contribution is 2.32. The van der Waals surface area contributed by atoms with Gasteiger partial charge in [-0.25, -0.2) is 0 Å². The van der Waals surface area contributed by atoms with Crippen molar-refractivity contribution in [3.8, 4) is 0 Å². The Bertz CT molecular complexity index is 1190. The summed E-state index contributed by atoms with van der Waals surface area (Å²) in [6.45, 7) is 7.54. The number of nitrogen functional groups attached to an aromatic ring is 1. The molecule has 1 aromatic heterocycles. The molecule has 2 aliphatic rings. The van der Waals surface area contributed by atoms with E-state index in [1.807, 2.05) is 18.2 Å². The number of nitrogens with one attached hydrogen (secondary N) is 1. The maximum absolute atomic E-state index is 12.4. The molecule has 2 heterocycles. The van der Waals surface area contributed by atoms with E-state index in [2.05, 4.69) is 46.3 Å². The molecule has 1 saturated heterocycles. The highest BCUT2D eigenvalue weighted by atomic mass is 16.5. The molecular weight excluding hydrogens is 438 g/mol. The second-order valence-corrected chi connectivity index (χ2v) is 9.65. The lowest BCUT2D eigenvalue weighted by Crippen LogP contribution is -2.47. The number of anilines is 3. The van der Waals surface area contributed by atoms with E-state index >= 15 is 0 Å². The number of hydrogen-bond donors (Lipinski definition) is 2. The highest BCUT2D eigenvalue weighted by molar-refractivity contribution is 5.98. The van der Waals surface area contributed by atoms with Crippen LogP contribution in [0.5, 0.6) is 0 Å². The normalized spacial score (nSPS) is 16.3. The number of amides is 1. The lowest BCUT2D eigenvalue weighted by molar-refractivity contribution is -0.120. The van der Waals surface area contributed by atoms with Crippen LogP contribution in [0.2, 0.25) is 0 Å². The molecule has 1 amide bonds. The van der Waals surface area contributed by atoms with E-state index in [-0.39, 0.29) is 12.5 Å². The lowest BCUT2D eigenvalue weighted by Gasteiger charge is -2.36. The first kappa shape index (κ1) is 23.6. The van der Waals surface area contributed by atoms with Crippen molar-refractivity contribution >= 4 is 33.9 Å². The molecular formula is C28H35N5O2. The summed E-state index contributed by atoms with van der Waals surface area (Å²) in [5.41, 5.74) is 13.8. The van der Waals surface area contributed by atoms with Gasteiger partial charge in [0.15, 0.2) is 0 Å². The molecule has 0 saturated carbocycles. The first-order valence-corrected chi connectivity index (χ1v) is 12.7. The fraction of sp³-hybridized carbons (Fsp3) is 0.429. The average Bonchev–Trinajstić information content (AvgIpc) is 2.88. The van der Waals surface area contributed by atoms with E-state index in [1.165, 1.54) is 23.2 Å². The van der Waals surface area contributed by atoms with Crippen LogP contribution in [0.4, 0.5) is 17.1 Å². The van der Waals surface area contributed by atoms with E-state index in [4.69, 9.17) is 15.5 Å². The Morgan fingerprint density at radius 3 is 2.63 bits per heavy atom. The summed E-state index contributed by atoms with van der Waals surface area (Å²) < 4.78 is 5.68. The van der Waals surface area contributed by atoms with Gasteiger partial charge in [-0.05, 0) is 68.5 Å². The van der Waals surface area contributed by atoms with Crippen molar-refractivity contribution in [2.45, 2.75) is 32.6 Å². The highest BCUT2D eigenvalue weighted by Gasteiger charge is 2.18. The van der Waals surface area contributed by atoms with Crippen molar-refractivity contribution < 1.29 is 9.53 Å². The van der Waals surface area contributed by atoms with Crippen molar-refractivity contribution in [3.05, 3.63) is 59.3 Å². The number of hydrogen-bond acceptors (Lipinski definition) is 6. The Kier molecular flexibility index (Phi) is 7.16. The van der Waals surface area contributed by atoms with Crippen LogP contribution in [0.15, 0.2) is 42.5 Å². The number of ether oxygens (including phenoxy) is 1. The Morgan fingerprint density at radius 1 is 1.06 bits per heavy atom. The number of carbonyl (C=O) groups excluding carboxylic acids is 1. The Labute approximate surface area is 207 Å². The summed E-state index contributed by atoms with van der Waals surface area (Å²) in [4.78, 5) is 22.1. The molecule has 1 fully saturated rings. The minimum Gasteiger partial charge on any atom is -0.398 e. The van der Waals surface area contributed by atoms with Gasteiger partial charge in [-0.1, -0.05) is 17.7 Å². The van der Waals surface area contributed by atoms with Crippen LogP contribution >= 0.6 is 0 Å². The predicted molar refractivity (Wildman–Crippen MR) is 142 cm³/mol. The smallest absolute Gasteiger partial charge is 0.250 e. The van der Waals surface area contributed by atoms with Crippen LogP contribution in [-0.4, -0.2) is 61.7 Å². The third-order valence-electron chi connectivity index (χ3n) is 7.15. The quantitative estimate of drug-likeness (QED) is 0.508. The number of nitrogens with zero attached hydrogens (tertiary/aromatic N) is 3. The van der Waals surface area contributed by atoms with E-state index in [0.29, 0.717) is 6.61 Å². The summed E-state index contributed by atoms with van der Waals surface area (Å²) in [6.07, 6.45) is 4.30. The minimum atomic E-state index is -0.155. The number of aryl methyl sites for hydroxylation is 2. The second kappa shape index (κ2) is 10.6. The summed E-state index contributed by atoms with van der Waals surface area (Å²) >= 11 is 0. The van der Waals surface area contributed by atoms with Crippen molar-refractivity contribution in [1.29, 1.82) is 0 Å². The van der Waals surface area contributed by atoms with Crippen molar-refractivity contribution in [3.63, 3.8) is 0 Å². The Balaban J connectivity index is 1.06. The summed E-state index contributed by atoms with van der Waals surface area (Å²) in [5.74, 6) is -0.155. The molecule has 7 nitrogen and oxygen atoms in total. The summed E-state index contributed by atoms with van der Waals surface area (Å²) in [5, 5.41) is 3.85. The van der Waals surface area contributed by atoms with Crippen molar-refractivity contribution in [1.82, 2.24) is 9.88 Å². The van der Waals surface area contributed by atoms with Gasteiger partial charge in [-0.3, -0.25) is 14.7 Å². The number of rotatable bonds is 7. The van der Waals surface area contributed by atoms with Gasteiger partial charge >= 0.3 is 0 Å². The molecule has 7 heteroatoms. The lowest BCUT2D eigenvalue weighted by atomic mass is 9.93. The molecule has 0 atom stereocenters. The number of piperazine rings is 1. The van der Waals surface area contributed by atoms with Gasteiger partial charge in [0.05, 0.1) is 12.1 Å². The van der Waals surface area contributed by atoms with Crippen LogP contribution in [0.3, 0.4) is 0 Å². The van der Waals surface area contributed by atoms with E-state index in [1.54, 1.807) is 0 Å². The van der Waals surface area contributed by atoms with Gasteiger partial charge in [0, 0.05) is 60.9 Å². The van der Waals surface area contributed by atoms with Crippen LogP contribution in [0.25, 0.3) is 10.9 Å². The van der Waals surface area contributed by atoms with Crippen LogP contribution in [-0.2, 0) is 22.4 Å². The van der Waals surface area contributed by atoms with Crippen molar-refractivity contribution in [2.75, 3.05) is 61.9 Å². The summed E-state index contributed by atoms with van der Waals surface area (Å²) in [7, 11) is 0. The third kappa shape index (κ3) is 5.57. The van der Waals surface area contributed by atoms with E-state index in [0.717, 1.165) is 80.0 Å². The number of fused-ring (bicyclic) bond motifs is 2. The van der Waals surface area contributed by atoms with Gasteiger partial charge in [0.25, 0.3) is 0 Å². The zero-order valence-corrected chi connectivity index (χ0v) is 20.6. The Morgan fingerprint density at radius 2 is 1.83 bits per heavy atom. The molecule has 2 aromatic carbocycles. The number of benzene rings is 2. The maximum Gasteiger partial charge on any atom is 0.250 e. The molecule has 3 aromatic rings. The molecule has 0 unspecified atom stereocenters. The standard InChI is InChI=1S/C28H35N5O2/c1-20-6-9-22(10-7-20)33-14-12-32(13-15-33)16-17-35-19-27(34)30-21-8-11-26-24(18-21)28(29)23-4-2-3-5-25(23)31-26/h6-11,18H,2-5,12-17,19H2,1H3,(H2,29,31)(H,30,34). The molecule has 0 spiro atoms. The zero-order valence-electron chi connectivity index (χ0n) is 20.6. The monoisotopic (exact) mass is 473 g/mol. The second-order valence-electron chi connectivity index (χ2n) is 9.65. The molecule has 35 heavy (non-hydrogen) atoms. The molecule has 184 valence electrons. The van der Waals surface area contributed by atoms with Crippen LogP contribution < -0.4 is 16.0 Å². The Hall–Kier alpha value is -3.16. The molecule has 0 bridgehead atoms. The van der Waals surface area contributed by atoms with E-state index < -0.39 is 0 Å². The fourth-order valence-corrected chi connectivity index (χ4v) is 5.08. The van der Waals surface area contributed by atoms with Gasteiger partial charge in [0.1, 0.15) is 6.61 Å². The fourth-order valence-electron chi connectivity index (χ4n) is 5.08. The van der Waals surface area contributed by atoms with Crippen molar-refractivity contribution in [2.24, 2.45) is 0 Å². The largest absolute Gasteiger partial charge is 0.398 e. The van der Waals surface area contributed by atoms with E-state index in [9.17, 15) is 4.79 Å². The van der Waals surface area contributed by atoms with Gasteiger partial charge < -0.3 is 20.7 Å². The molecule has 5 rings (SSSR count). The number of pyridine rings is 1. The molecule has 1 aliphatic carbocycles. The van der Waals surface area contributed by atoms with Gasteiger partial charge in [-0.15, -0.1) is 0 Å². The predicted octanol–water partition coefficient (Wildman–Crippen LogP) is 3.78.